The number of anilines is 1. The molecule has 126 valence electrons. The Kier molecular flexibility index (Phi) is 4.33. The first-order valence-corrected chi connectivity index (χ1v) is 9.57. The van der Waals surface area contributed by atoms with Crippen molar-refractivity contribution in [2.45, 2.75) is 26.3 Å². The Balaban J connectivity index is 1.89. The lowest BCUT2D eigenvalue weighted by Gasteiger charge is -2.27. The molecule has 1 saturated heterocycles. The summed E-state index contributed by atoms with van der Waals surface area (Å²) in [6.45, 7) is 5.88. The van der Waals surface area contributed by atoms with Crippen molar-refractivity contribution in [3.05, 3.63) is 29.3 Å². The molecule has 0 bridgehead atoms. The Morgan fingerprint density at radius 2 is 2.00 bits per heavy atom. The van der Waals surface area contributed by atoms with Crippen LogP contribution >= 0.6 is 0 Å². The van der Waals surface area contributed by atoms with Crippen molar-refractivity contribution in [2.24, 2.45) is 0 Å². The Bertz CT molecular complexity index is 711. The topological polar surface area (TPSA) is 66.9 Å². The fraction of sp³-hybridized carbons (Fsp3) is 0.562. The summed E-state index contributed by atoms with van der Waals surface area (Å²) in [5.41, 5.74) is 2.25. The highest BCUT2D eigenvalue weighted by atomic mass is 32.2. The van der Waals surface area contributed by atoms with E-state index in [1.165, 1.54) is 4.31 Å². The van der Waals surface area contributed by atoms with Crippen LogP contribution in [-0.4, -0.2) is 57.3 Å². The molecule has 0 radical (unpaired) electrons. The van der Waals surface area contributed by atoms with Gasteiger partial charge in [-0.15, -0.1) is 0 Å². The summed E-state index contributed by atoms with van der Waals surface area (Å²) >= 11 is 0. The number of amides is 1. The van der Waals surface area contributed by atoms with Gasteiger partial charge in [0, 0.05) is 24.7 Å². The second-order valence-corrected chi connectivity index (χ2v) is 8.13. The van der Waals surface area contributed by atoms with Crippen molar-refractivity contribution in [3.8, 4) is 0 Å². The average molecular weight is 338 g/mol. The molecule has 0 unspecified atom stereocenters. The van der Waals surface area contributed by atoms with Crippen LogP contribution in [0.1, 0.15) is 29.8 Å². The molecule has 1 atom stereocenters. The van der Waals surface area contributed by atoms with Crippen LogP contribution in [0.15, 0.2) is 18.2 Å². The molecule has 7 heteroatoms. The third kappa shape index (κ3) is 2.95. The maximum absolute atomic E-state index is 12.6. The predicted octanol–water partition coefficient (Wildman–Crippen LogP) is 1.26. The molecule has 3 rings (SSSR count). The maximum Gasteiger partial charge on any atom is 0.254 e. The molecule has 1 amide bonds. The Labute approximate surface area is 137 Å². The Morgan fingerprint density at radius 3 is 2.65 bits per heavy atom. The van der Waals surface area contributed by atoms with Gasteiger partial charge in [0.15, 0.2) is 0 Å². The summed E-state index contributed by atoms with van der Waals surface area (Å²) < 4.78 is 31.3. The molecule has 1 fully saturated rings. The first kappa shape index (κ1) is 16.3. The quantitative estimate of drug-likeness (QED) is 0.832. The van der Waals surface area contributed by atoms with E-state index in [-0.39, 0.29) is 17.7 Å². The third-order valence-corrected chi connectivity index (χ3v) is 6.33. The largest absolute Gasteiger partial charge is 0.378 e. The van der Waals surface area contributed by atoms with Crippen molar-refractivity contribution in [3.63, 3.8) is 0 Å². The monoisotopic (exact) mass is 338 g/mol. The molecule has 1 aromatic rings. The van der Waals surface area contributed by atoms with Crippen molar-refractivity contribution >= 4 is 21.6 Å². The molecule has 1 aromatic carbocycles. The second kappa shape index (κ2) is 6.13. The van der Waals surface area contributed by atoms with Crippen LogP contribution in [0.2, 0.25) is 0 Å². The number of fused-ring (bicyclic) bond motifs is 1. The minimum absolute atomic E-state index is 0.0134. The van der Waals surface area contributed by atoms with Gasteiger partial charge in [-0.25, -0.2) is 8.42 Å². The molecule has 0 aliphatic carbocycles. The van der Waals surface area contributed by atoms with Gasteiger partial charge in [-0.2, -0.15) is 0 Å². The molecular formula is C16H22N2O4S. The van der Waals surface area contributed by atoms with Gasteiger partial charge in [0.25, 0.3) is 5.91 Å². The van der Waals surface area contributed by atoms with Gasteiger partial charge in [-0.3, -0.25) is 9.10 Å². The summed E-state index contributed by atoms with van der Waals surface area (Å²) in [6.07, 6.45) is 0.638. The molecular weight excluding hydrogens is 316 g/mol. The van der Waals surface area contributed by atoms with E-state index in [0.29, 0.717) is 44.0 Å². The second-order valence-electron chi connectivity index (χ2n) is 6.00. The van der Waals surface area contributed by atoms with E-state index in [2.05, 4.69) is 0 Å². The number of hydrogen-bond acceptors (Lipinski definition) is 4. The van der Waals surface area contributed by atoms with E-state index in [1.807, 2.05) is 13.0 Å². The smallest absolute Gasteiger partial charge is 0.254 e. The summed E-state index contributed by atoms with van der Waals surface area (Å²) in [7, 11) is -3.29. The zero-order chi connectivity index (χ0) is 16.6. The molecule has 0 spiro atoms. The minimum Gasteiger partial charge on any atom is -0.378 e. The normalized spacial score (nSPS) is 21.4. The lowest BCUT2D eigenvalue weighted by atomic mass is 10.1. The van der Waals surface area contributed by atoms with Gasteiger partial charge in [-0.1, -0.05) is 0 Å². The number of carbonyl (C=O) groups excluding carboxylic acids is 1. The number of nitrogens with zero attached hydrogens (tertiary/aromatic N) is 2. The number of benzene rings is 1. The van der Waals surface area contributed by atoms with Crippen LogP contribution in [0.4, 0.5) is 5.69 Å². The molecule has 2 heterocycles. The van der Waals surface area contributed by atoms with Crippen molar-refractivity contribution < 1.29 is 17.9 Å². The summed E-state index contributed by atoms with van der Waals surface area (Å²) in [4.78, 5) is 14.3. The van der Waals surface area contributed by atoms with E-state index >= 15 is 0 Å². The number of rotatable bonds is 3. The standard InChI is InChI=1S/C16H22N2O4S/c1-3-23(20,21)18-12(2)10-14-11-13(4-5-15(14)18)16(19)17-6-8-22-9-7-17/h4-5,11-12H,3,6-10H2,1-2H3/t12-/m1/s1. The summed E-state index contributed by atoms with van der Waals surface area (Å²) in [5.74, 6) is 0.0613. The van der Waals surface area contributed by atoms with Gasteiger partial charge in [0.2, 0.25) is 10.0 Å². The van der Waals surface area contributed by atoms with Gasteiger partial charge in [0.05, 0.1) is 24.7 Å². The van der Waals surface area contributed by atoms with E-state index in [9.17, 15) is 13.2 Å². The van der Waals surface area contributed by atoms with E-state index in [1.54, 1.807) is 24.0 Å². The molecule has 23 heavy (non-hydrogen) atoms. The lowest BCUT2D eigenvalue weighted by molar-refractivity contribution is 0.0303. The van der Waals surface area contributed by atoms with Crippen molar-refractivity contribution in [1.29, 1.82) is 0 Å². The molecule has 2 aliphatic rings. The summed E-state index contributed by atoms with van der Waals surface area (Å²) in [5, 5.41) is 0. The molecule has 0 saturated carbocycles. The Hall–Kier alpha value is -1.60. The van der Waals surface area contributed by atoms with E-state index in [0.717, 1.165) is 5.56 Å². The van der Waals surface area contributed by atoms with Crippen LogP contribution in [0.3, 0.4) is 0 Å². The number of ether oxygens (including phenoxy) is 1. The fourth-order valence-corrected chi connectivity index (χ4v) is 4.63. The van der Waals surface area contributed by atoms with Crippen molar-refractivity contribution in [2.75, 3.05) is 36.4 Å². The highest BCUT2D eigenvalue weighted by Gasteiger charge is 2.34. The first-order chi connectivity index (χ1) is 10.9. The summed E-state index contributed by atoms with van der Waals surface area (Å²) in [6, 6.07) is 5.23. The zero-order valence-corrected chi connectivity index (χ0v) is 14.3. The first-order valence-electron chi connectivity index (χ1n) is 7.96. The third-order valence-electron chi connectivity index (χ3n) is 4.44. The predicted molar refractivity (Wildman–Crippen MR) is 88.3 cm³/mol. The molecule has 0 aromatic heterocycles. The van der Waals surface area contributed by atoms with Gasteiger partial charge >= 0.3 is 0 Å². The van der Waals surface area contributed by atoms with E-state index in [4.69, 9.17) is 4.74 Å². The Morgan fingerprint density at radius 1 is 1.30 bits per heavy atom. The van der Waals surface area contributed by atoms with Crippen LogP contribution in [0, 0.1) is 0 Å². The number of sulfonamides is 1. The SMILES string of the molecule is CCS(=O)(=O)N1c2ccc(C(=O)N3CCOCC3)cc2C[C@H]1C. The average Bonchev–Trinajstić information content (AvgIpc) is 2.90. The van der Waals surface area contributed by atoms with Gasteiger partial charge < -0.3 is 9.64 Å². The minimum atomic E-state index is -3.29. The molecule has 2 aliphatic heterocycles. The zero-order valence-electron chi connectivity index (χ0n) is 13.5. The van der Waals surface area contributed by atoms with Crippen molar-refractivity contribution in [1.82, 2.24) is 4.90 Å². The fourth-order valence-electron chi connectivity index (χ4n) is 3.25. The maximum atomic E-state index is 12.6. The van der Waals surface area contributed by atoms with Gasteiger partial charge in [-0.05, 0) is 44.0 Å². The van der Waals surface area contributed by atoms with Gasteiger partial charge in [0.1, 0.15) is 0 Å². The van der Waals surface area contributed by atoms with Crippen LogP contribution in [-0.2, 0) is 21.2 Å². The highest BCUT2D eigenvalue weighted by Crippen LogP contribution is 2.35. The number of morpholine rings is 1. The number of hydrogen-bond donors (Lipinski definition) is 0. The lowest BCUT2D eigenvalue weighted by Crippen LogP contribution is -2.40. The van der Waals surface area contributed by atoms with Crippen LogP contribution in [0.5, 0.6) is 0 Å². The molecule has 0 N–H and O–H groups in total. The number of carbonyl (C=O) groups is 1. The molecule has 6 nitrogen and oxygen atoms in total. The van der Waals surface area contributed by atoms with Crippen LogP contribution in [0.25, 0.3) is 0 Å². The van der Waals surface area contributed by atoms with E-state index < -0.39 is 10.0 Å². The highest BCUT2D eigenvalue weighted by molar-refractivity contribution is 7.92. The van der Waals surface area contributed by atoms with Crippen LogP contribution < -0.4 is 4.31 Å².